The van der Waals surface area contributed by atoms with Gasteiger partial charge in [-0.25, -0.2) is 4.98 Å². The van der Waals surface area contributed by atoms with Crippen molar-refractivity contribution in [3.05, 3.63) is 23.4 Å². The molecule has 1 atom stereocenters. The van der Waals surface area contributed by atoms with E-state index in [1.54, 1.807) is 18.1 Å². The van der Waals surface area contributed by atoms with Gasteiger partial charge in [0.05, 0.1) is 12.6 Å². The first-order valence-electron chi connectivity index (χ1n) is 7.09. The van der Waals surface area contributed by atoms with E-state index in [1.165, 1.54) is 0 Å². The number of anilines is 1. The molecule has 5 heteroatoms. The highest BCUT2D eigenvalue weighted by Crippen LogP contribution is 2.14. The number of rotatable bonds is 7. The Hall–Kier alpha value is -1.62. The lowest BCUT2D eigenvalue weighted by molar-refractivity contribution is 0.0579. The Morgan fingerprint density at radius 1 is 1.45 bits per heavy atom. The van der Waals surface area contributed by atoms with E-state index >= 15 is 0 Å². The molecule has 0 spiro atoms. The van der Waals surface area contributed by atoms with E-state index in [1.807, 2.05) is 19.9 Å². The van der Waals surface area contributed by atoms with Crippen molar-refractivity contribution in [3.8, 4) is 0 Å². The molecule has 0 aromatic carbocycles. The smallest absolute Gasteiger partial charge is 0.254 e. The molecule has 5 nitrogen and oxygen atoms in total. The van der Waals surface area contributed by atoms with E-state index in [-0.39, 0.29) is 11.9 Å². The van der Waals surface area contributed by atoms with Crippen molar-refractivity contribution in [3.63, 3.8) is 0 Å². The lowest BCUT2D eigenvalue weighted by atomic mass is 10.1. The van der Waals surface area contributed by atoms with Gasteiger partial charge >= 0.3 is 0 Å². The third-order valence-electron chi connectivity index (χ3n) is 3.19. The number of pyridine rings is 1. The van der Waals surface area contributed by atoms with Crippen LogP contribution in [0.3, 0.4) is 0 Å². The maximum atomic E-state index is 12.6. The molecular formula is C15H25N3O2. The lowest BCUT2D eigenvalue weighted by Gasteiger charge is -2.27. The fraction of sp³-hybridized carbons (Fsp3) is 0.600. The zero-order chi connectivity index (χ0) is 15.1. The van der Waals surface area contributed by atoms with Crippen molar-refractivity contribution >= 4 is 11.7 Å². The monoisotopic (exact) mass is 279 g/mol. The zero-order valence-corrected chi connectivity index (χ0v) is 12.8. The number of aryl methyl sites for hydroxylation is 1. The van der Waals surface area contributed by atoms with Crippen LogP contribution < -0.4 is 5.73 Å². The molecule has 0 saturated carbocycles. The molecule has 0 radical (unpaired) electrons. The Morgan fingerprint density at radius 2 is 2.15 bits per heavy atom. The van der Waals surface area contributed by atoms with Crippen LogP contribution in [0, 0.1) is 0 Å². The van der Waals surface area contributed by atoms with Gasteiger partial charge in [-0.1, -0.05) is 13.3 Å². The number of likely N-dealkylation sites (N-methyl/N-ethyl adjacent to an activating group) is 1. The van der Waals surface area contributed by atoms with Gasteiger partial charge in [0.2, 0.25) is 0 Å². The molecule has 1 rings (SSSR count). The molecule has 1 aromatic rings. The van der Waals surface area contributed by atoms with Crippen LogP contribution in [0.4, 0.5) is 5.82 Å². The SMILES string of the molecule is CCCc1cc(C(=O)N(CC)C(C)COC)cc(N)n1. The number of hydrogen-bond donors (Lipinski definition) is 1. The van der Waals surface area contributed by atoms with Crippen molar-refractivity contribution in [2.24, 2.45) is 0 Å². The summed E-state index contributed by atoms with van der Waals surface area (Å²) in [5.74, 6) is 0.373. The first kappa shape index (κ1) is 16.4. The molecule has 0 aliphatic rings. The van der Waals surface area contributed by atoms with E-state index in [2.05, 4.69) is 11.9 Å². The standard InChI is InChI=1S/C15H25N3O2/c1-5-7-13-8-12(9-14(16)17-13)15(19)18(6-2)11(3)10-20-4/h8-9,11H,5-7,10H2,1-4H3,(H2,16,17). The third kappa shape index (κ3) is 4.20. The Labute approximate surface area is 121 Å². The van der Waals surface area contributed by atoms with Gasteiger partial charge in [-0.15, -0.1) is 0 Å². The zero-order valence-electron chi connectivity index (χ0n) is 12.8. The molecule has 112 valence electrons. The Bertz CT molecular complexity index is 449. The highest BCUT2D eigenvalue weighted by atomic mass is 16.5. The van der Waals surface area contributed by atoms with Gasteiger partial charge in [-0.2, -0.15) is 0 Å². The number of hydrogen-bond acceptors (Lipinski definition) is 4. The molecule has 1 amide bonds. The van der Waals surface area contributed by atoms with E-state index in [9.17, 15) is 4.79 Å². The van der Waals surface area contributed by atoms with Crippen molar-refractivity contribution in [2.45, 2.75) is 39.7 Å². The number of aromatic nitrogens is 1. The number of ether oxygens (including phenoxy) is 1. The Balaban J connectivity index is 2.99. The molecule has 0 fully saturated rings. The average molecular weight is 279 g/mol. The van der Waals surface area contributed by atoms with Crippen LogP contribution in [0.25, 0.3) is 0 Å². The number of carbonyl (C=O) groups is 1. The second-order valence-corrected chi connectivity index (χ2v) is 4.92. The van der Waals surface area contributed by atoms with Gasteiger partial charge in [0.15, 0.2) is 0 Å². The summed E-state index contributed by atoms with van der Waals surface area (Å²) in [5.41, 5.74) is 7.27. The van der Waals surface area contributed by atoms with Crippen LogP contribution in [0.5, 0.6) is 0 Å². The minimum absolute atomic E-state index is 0.0245. The maximum Gasteiger partial charge on any atom is 0.254 e. The van der Waals surface area contributed by atoms with Crippen LogP contribution in [0.15, 0.2) is 12.1 Å². The number of nitrogens with zero attached hydrogens (tertiary/aromatic N) is 2. The molecule has 20 heavy (non-hydrogen) atoms. The number of methoxy groups -OCH3 is 1. The quantitative estimate of drug-likeness (QED) is 0.830. The molecular weight excluding hydrogens is 254 g/mol. The number of nitrogen functional groups attached to an aromatic ring is 1. The summed E-state index contributed by atoms with van der Waals surface area (Å²) in [6.07, 6.45) is 1.80. The minimum Gasteiger partial charge on any atom is -0.384 e. The summed E-state index contributed by atoms with van der Waals surface area (Å²) in [5, 5.41) is 0. The molecule has 1 unspecified atom stereocenters. The van der Waals surface area contributed by atoms with Crippen molar-refractivity contribution in [1.82, 2.24) is 9.88 Å². The van der Waals surface area contributed by atoms with E-state index in [4.69, 9.17) is 10.5 Å². The minimum atomic E-state index is -0.0245. The van der Waals surface area contributed by atoms with Crippen molar-refractivity contribution < 1.29 is 9.53 Å². The molecule has 1 heterocycles. The molecule has 2 N–H and O–H groups in total. The third-order valence-corrected chi connectivity index (χ3v) is 3.19. The first-order chi connectivity index (χ1) is 9.53. The van der Waals surface area contributed by atoms with E-state index in [0.29, 0.717) is 24.5 Å². The maximum absolute atomic E-state index is 12.6. The summed E-state index contributed by atoms with van der Waals surface area (Å²) in [6, 6.07) is 3.51. The Morgan fingerprint density at radius 3 is 2.70 bits per heavy atom. The summed E-state index contributed by atoms with van der Waals surface area (Å²) in [6.45, 7) is 7.16. The van der Waals surface area contributed by atoms with Gasteiger partial charge in [0, 0.05) is 24.9 Å². The van der Waals surface area contributed by atoms with E-state index < -0.39 is 0 Å². The van der Waals surface area contributed by atoms with Crippen LogP contribution in [-0.2, 0) is 11.2 Å². The summed E-state index contributed by atoms with van der Waals surface area (Å²) < 4.78 is 5.13. The average Bonchev–Trinajstić information content (AvgIpc) is 2.39. The second kappa shape index (κ2) is 7.85. The van der Waals surface area contributed by atoms with Crippen LogP contribution >= 0.6 is 0 Å². The van der Waals surface area contributed by atoms with Crippen molar-refractivity contribution in [2.75, 3.05) is 26.0 Å². The van der Waals surface area contributed by atoms with Crippen molar-refractivity contribution in [1.29, 1.82) is 0 Å². The number of nitrogens with two attached hydrogens (primary N) is 1. The fourth-order valence-electron chi connectivity index (χ4n) is 2.27. The van der Waals surface area contributed by atoms with Gasteiger partial charge in [0.1, 0.15) is 5.82 Å². The highest BCUT2D eigenvalue weighted by Gasteiger charge is 2.20. The van der Waals surface area contributed by atoms with Crippen LogP contribution in [-0.4, -0.2) is 42.1 Å². The Kier molecular flexibility index (Phi) is 6.45. The molecule has 0 bridgehead atoms. The molecule has 0 saturated heterocycles. The van der Waals surface area contributed by atoms with Gasteiger partial charge in [0.25, 0.3) is 5.91 Å². The summed E-state index contributed by atoms with van der Waals surface area (Å²) in [7, 11) is 1.64. The predicted molar refractivity (Wildman–Crippen MR) is 80.7 cm³/mol. The number of amides is 1. The normalized spacial score (nSPS) is 12.2. The van der Waals surface area contributed by atoms with E-state index in [0.717, 1.165) is 18.5 Å². The fourth-order valence-corrected chi connectivity index (χ4v) is 2.27. The number of carbonyl (C=O) groups excluding carboxylic acids is 1. The summed E-state index contributed by atoms with van der Waals surface area (Å²) in [4.78, 5) is 18.6. The van der Waals surface area contributed by atoms with Gasteiger partial charge in [-0.05, 0) is 32.4 Å². The molecule has 0 aliphatic carbocycles. The first-order valence-corrected chi connectivity index (χ1v) is 7.09. The largest absolute Gasteiger partial charge is 0.384 e. The molecule has 0 aliphatic heterocycles. The van der Waals surface area contributed by atoms with Gasteiger partial charge < -0.3 is 15.4 Å². The van der Waals surface area contributed by atoms with Crippen LogP contribution in [0.1, 0.15) is 43.2 Å². The van der Waals surface area contributed by atoms with Gasteiger partial charge in [-0.3, -0.25) is 4.79 Å². The predicted octanol–water partition coefficient (Wildman–Crippen LogP) is 2.11. The lowest BCUT2D eigenvalue weighted by Crippen LogP contribution is -2.41. The highest BCUT2D eigenvalue weighted by molar-refractivity contribution is 5.95. The second-order valence-electron chi connectivity index (χ2n) is 4.92. The molecule has 1 aromatic heterocycles. The summed E-state index contributed by atoms with van der Waals surface area (Å²) >= 11 is 0. The topological polar surface area (TPSA) is 68.5 Å². The van der Waals surface area contributed by atoms with Crippen LogP contribution in [0.2, 0.25) is 0 Å².